The third kappa shape index (κ3) is 3.18. The lowest BCUT2D eigenvalue weighted by Gasteiger charge is -2.19. The fraction of sp³-hybridized carbons (Fsp3) is 0.300. The number of nitrogens with zero attached hydrogens (tertiary/aromatic N) is 1. The summed E-state index contributed by atoms with van der Waals surface area (Å²) < 4.78 is 25.7. The molecule has 1 rings (SSSR count). The van der Waals surface area contributed by atoms with E-state index >= 15 is 0 Å². The van der Waals surface area contributed by atoms with Crippen molar-refractivity contribution in [1.82, 2.24) is 4.72 Å². The standard InChI is InChI=1S/C10H14N2O4S/c1-11-17(15,16)9-6-4-3-5-8(9)12(2)7-10(13)14/h3-6,11H,7H2,1-2H3,(H,13,14). The SMILES string of the molecule is CNS(=O)(=O)c1ccccc1N(C)CC(=O)O. The van der Waals surface area contributed by atoms with Gasteiger partial charge in [-0.05, 0) is 19.2 Å². The van der Waals surface area contributed by atoms with Crippen LogP contribution < -0.4 is 9.62 Å². The third-order valence-corrected chi connectivity index (χ3v) is 3.67. The van der Waals surface area contributed by atoms with Gasteiger partial charge in [-0.2, -0.15) is 0 Å². The van der Waals surface area contributed by atoms with Crippen LogP contribution in [0.2, 0.25) is 0 Å². The highest BCUT2D eigenvalue weighted by Gasteiger charge is 2.19. The maximum atomic E-state index is 11.7. The largest absolute Gasteiger partial charge is 0.480 e. The highest BCUT2D eigenvalue weighted by Crippen LogP contribution is 2.23. The van der Waals surface area contributed by atoms with Gasteiger partial charge in [0, 0.05) is 7.05 Å². The van der Waals surface area contributed by atoms with Crippen molar-refractivity contribution in [2.45, 2.75) is 4.90 Å². The lowest BCUT2D eigenvalue weighted by atomic mass is 10.3. The van der Waals surface area contributed by atoms with E-state index in [4.69, 9.17) is 5.11 Å². The number of rotatable bonds is 5. The Balaban J connectivity index is 3.21. The molecular weight excluding hydrogens is 244 g/mol. The van der Waals surface area contributed by atoms with Crippen molar-refractivity contribution in [1.29, 1.82) is 0 Å². The highest BCUT2D eigenvalue weighted by atomic mass is 32.2. The molecule has 6 nitrogen and oxygen atoms in total. The Morgan fingerprint density at radius 2 is 2.00 bits per heavy atom. The van der Waals surface area contributed by atoms with Crippen LogP contribution in [0.5, 0.6) is 0 Å². The van der Waals surface area contributed by atoms with Gasteiger partial charge < -0.3 is 10.0 Å². The van der Waals surface area contributed by atoms with E-state index in [0.717, 1.165) is 0 Å². The van der Waals surface area contributed by atoms with E-state index in [1.165, 1.54) is 25.1 Å². The number of para-hydroxylation sites is 1. The molecule has 0 atom stereocenters. The van der Waals surface area contributed by atoms with Gasteiger partial charge in [-0.25, -0.2) is 13.1 Å². The molecule has 0 aliphatic heterocycles. The Labute approximate surface area is 99.9 Å². The molecule has 2 N–H and O–H groups in total. The molecule has 0 heterocycles. The lowest BCUT2D eigenvalue weighted by Crippen LogP contribution is -2.28. The van der Waals surface area contributed by atoms with Gasteiger partial charge in [-0.15, -0.1) is 0 Å². The van der Waals surface area contributed by atoms with Crippen LogP contribution in [0.1, 0.15) is 0 Å². The molecule has 0 unspecified atom stereocenters. The van der Waals surface area contributed by atoms with Crippen LogP contribution in [-0.2, 0) is 14.8 Å². The lowest BCUT2D eigenvalue weighted by molar-refractivity contribution is -0.135. The zero-order chi connectivity index (χ0) is 13.1. The van der Waals surface area contributed by atoms with Gasteiger partial charge in [0.15, 0.2) is 0 Å². The van der Waals surface area contributed by atoms with E-state index < -0.39 is 16.0 Å². The number of carboxylic acids is 1. The molecule has 0 aliphatic carbocycles. The number of nitrogens with one attached hydrogen (secondary N) is 1. The molecule has 0 aliphatic rings. The van der Waals surface area contributed by atoms with Crippen LogP contribution in [0.3, 0.4) is 0 Å². The van der Waals surface area contributed by atoms with Crippen LogP contribution in [0, 0.1) is 0 Å². The second-order valence-electron chi connectivity index (χ2n) is 3.43. The first-order chi connectivity index (χ1) is 7.88. The van der Waals surface area contributed by atoms with Crippen LogP contribution >= 0.6 is 0 Å². The Morgan fingerprint density at radius 1 is 1.41 bits per heavy atom. The van der Waals surface area contributed by atoms with Gasteiger partial charge in [-0.3, -0.25) is 4.79 Å². The van der Waals surface area contributed by atoms with Crippen LogP contribution in [-0.4, -0.2) is 40.1 Å². The number of anilines is 1. The molecule has 0 bridgehead atoms. The molecule has 17 heavy (non-hydrogen) atoms. The molecule has 94 valence electrons. The Bertz CT molecular complexity index is 513. The van der Waals surface area contributed by atoms with Crippen LogP contribution in [0.25, 0.3) is 0 Å². The van der Waals surface area contributed by atoms with Crippen LogP contribution in [0.15, 0.2) is 29.2 Å². The zero-order valence-corrected chi connectivity index (χ0v) is 10.4. The monoisotopic (exact) mass is 258 g/mol. The first-order valence-electron chi connectivity index (χ1n) is 4.84. The summed E-state index contributed by atoms with van der Waals surface area (Å²) in [6.45, 7) is -0.268. The third-order valence-electron chi connectivity index (χ3n) is 2.21. The summed E-state index contributed by atoms with van der Waals surface area (Å²) in [6.07, 6.45) is 0. The van der Waals surface area contributed by atoms with E-state index in [1.807, 2.05) is 0 Å². The van der Waals surface area contributed by atoms with Gasteiger partial charge >= 0.3 is 5.97 Å². The molecule has 7 heteroatoms. The van der Waals surface area contributed by atoms with E-state index in [0.29, 0.717) is 5.69 Å². The summed E-state index contributed by atoms with van der Waals surface area (Å²) >= 11 is 0. The molecule has 0 saturated heterocycles. The minimum atomic E-state index is -3.59. The summed E-state index contributed by atoms with van der Waals surface area (Å²) in [7, 11) is -0.759. The average Bonchev–Trinajstić information content (AvgIpc) is 2.28. The van der Waals surface area contributed by atoms with Gasteiger partial charge in [0.2, 0.25) is 10.0 Å². The number of hydrogen-bond acceptors (Lipinski definition) is 4. The van der Waals surface area contributed by atoms with E-state index in [2.05, 4.69) is 4.72 Å². The number of carboxylic acid groups (broad SMARTS) is 1. The van der Waals surface area contributed by atoms with Crippen molar-refractivity contribution in [3.8, 4) is 0 Å². The van der Waals surface area contributed by atoms with Gasteiger partial charge in [0.05, 0.1) is 5.69 Å². The molecule has 1 aromatic carbocycles. The predicted octanol–water partition coefficient (Wildman–Crippen LogP) is 0.115. The number of aliphatic carboxylic acids is 1. The number of sulfonamides is 1. The summed E-state index contributed by atoms with van der Waals surface area (Å²) in [5, 5.41) is 8.69. The quantitative estimate of drug-likeness (QED) is 0.783. The van der Waals surface area contributed by atoms with Crippen molar-refractivity contribution < 1.29 is 18.3 Å². The summed E-state index contributed by atoms with van der Waals surface area (Å²) in [4.78, 5) is 12.0. The molecule has 0 fully saturated rings. The summed E-state index contributed by atoms with van der Waals surface area (Å²) in [6, 6.07) is 6.23. The first kappa shape index (κ1) is 13.5. The highest BCUT2D eigenvalue weighted by molar-refractivity contribution is 7.89. The maximum Gasteiger partial charge on any atom is 0.323 e. The topological polar surface area (TPSA) is 86.7 Å². The van der Waals surface area contributed by atoms with E-state index in [-0.39, 0.29) is 11.4 Å². The Kier molecular flexibility index (Phi) is 4.08. The zero-order valence-electron chi connectivity index (χ0n) is 9.54. The Hall–Kier alpha value is -1.60. The maximum absolute atomic E-state index is 11.7. The minimum absolute atomic E-state index is 0.0613. The Morgan fingerprint density at radius 3 is 2.53 bits per heavy atom. The molecule has 0 saturated carbocycles. The van der Waals surface area contributed by atoms with E-state index in [9.17, 15) is 13.2 Å². The normalized spacial score (nSPS) is 11.2. The van der Waals surface area contributed by atoms with E-state index in [1.54, 1.807) is 18.2 Å². The first-order valence-corrected chi connectivity index (χ1v) is 6.32. The second-order valence-corrected chi connectivity index (χ2v) is 5.28. The van der Waals surface area contributed by atoms with Crippen molar-refractivity contribution in [3.63, 3.8) is 0 Å². The number of hydrogen-bond donors (Lipinski definition) is 2. The summed E-state index contributed by atoms with van der Waals surface area (Å²) in [5.41, 5.74) is 0.351. The molecule has 0 spiro atoms. The van der Waals surface area contributed by atoms with Gasteiger partial charge in [0.1, 0.15) is 11.4 Å². The number of likely N-dealkylation sites (N-methyl/N-ethyl adjacent to an activating group) is 1. The molecule has 0 radical (unpaired) electrons. The smallest absolute Gasteiger partial charge is 0.323 e. The average molecular weight is 258 g/mol. The van der Waals surface area contributed by atoms with Gasteiger partial charge in [-0.1, -0.05) is 12.1 Å². The molecule has 0 amide bonds. The number of benzene rings is 1. The summed E-state index contributed by atoms with van der Waals surface area (Å²) in [5.74, 6) is -1.02. The van der Waals surface area contributed by atoms with Crippen molar-refractivity contribution in [3.05, 3.63) is 24.3 Å². The number of carbonyl (C=O) groups is 1. The molecule has 0 aromatic heterocycles. The fourth-order valence-corrected chi connectivity index (χ4v) is 2.37. The van der Waals surface area contributed by atoms with Crippen molar-refractivity contribution >= 4 is 21.7 Å². The minimum Gasteiger partial charge on any atom is -0.480 e. The second kappa shape index (κ2) is 5.15. The van der Waals surface area contributed by atoms with Crippen LogP contribution in [0.4, 0.5) is 5.69 Å². The predicted molar refractivity (Wildman–Crippen MR) is 63.6 cm³/mol. The fourth-order valence-electron chi connectivity index (χ4n) is 1.40. The van der Waals surface area contributed by atoms with Crippen molar-refractivity contribution in [2.75, 3.05) is 25.5 Å². The molecule has 1 aromatic rings. The van der Waals surface area contributed by atoms with Gasteiger partial charge in [0.25, 0.3) is 0 Å². The molecular formula is C10H14N2O4S. The van der Waals surface area contributed by atoms with Crippen molar-refractivity contribution in [2.24, 2.45) is 0 Å².